The van der Waals surface area contributed by atoms with Crippen LogP contribution in [0.25, 0.3) is 0 Å². The molecule has 2 aromatic carbocycles. The predicted molar refractivity (Wildman–Crippen MR) is 78.2 cm³/mol. The second-order valence-electron chi connectivity index (χ2n) is 5.72. The number of rotatable bonds is 3. The molecule has 2 aromatic rings. The first-order valence-corrected chi connectivity index (χ1v) is 6.97. The topological polar surface area (TPSA) is 20.2 Å². The van der Waals surface area contributed by atoms with Crippen molar-refractivity contribution < 1.29 is 5.11 Å². The minimum absolute atomic E-state index is 0.329. The highest BCUT2D eigenvalue weighted by Gasteiger charge is 2.44. The molecule has 98 valence electrons. The van der Waals surface area contributed by atoms with Crippen LogP contribution in [0.3, 0.4) is 0 Å². The third kappa shape index (κ3) is 2.43. The molecule has 0 radical (unpaired) electrons. The SMILES string of the molecule is Cc1ccc(C)c(C(O)C2CC2c2ccccc2)c1. The Bertz CT molecular complexity index is 573. The molecule has 1 N–H and O–H groups in total. The highest BCUT2D eigenvalue weighted by atomic mass is 16.3. The maximum absolute atomic E-state index is 10.6. The highest BCUT2D eigenvalue weighted by Crippen LogP contribution is 2.54. The Morgan fingerprint density at radius 3 is 2.53 bits per heavy atom. The van der Waals surface area contributed by atoms with Crippen molar-refractivity contribution in [3.05, 3.63) is 70.8 Å². The van der Waals surface area contributed by atoms with Gasteiger partial charge in [0.15, 0.2) is 0 Å². The summed E-state index contributed by atoms with van der Waals surface area (Å²) in [6.07, 6.45) is 0.767. The quantitative estimate of drug-likeness (QED) is 0.870. The molecule has 0 heterocycles. The van der Waals surface area contributed by atoms with E-state index in [2.05, 4.69) is 56.3 Å². The van der Waals surface area contributed by atoms with Crippen molar-refractivity contribution in [2.45, 2.75) is 32.3 Å². The summed E-state index contributed by atoms with van der Waals surface area (Å²) in [6, 6.07) is 16.9. The molecule has 3 unspecified atom stereocenters. The van der Waals surface area contributed by atoms with Crippen molar-refractivity contribution in [1.29, 1.82) is 0 Å². The van der Waals surface area contributed by atoms with Gasteiger partial charge >= 0.3 is 0 Å². The van der Waals surface area contributed by atoms with Crippen LogP contribution in [0.5, 0.6) is 0 Å². The highest BCUT2D eigenvalue weighted by molar-refractivity contribution is 5.35. The molecule has 0 bridgehead atoms. The smallest absolute Gasteiger partial charge is 0.0826 e. The Balaban J connectivity index is 1.80. The molecule has 0 aliphatic heterocycles. The summed E-state index contributed by atoms with van der Waals surface area (Å²) >= 11 is 0. The number of benzene rings is 2. The van der Waals surface area contributed by atoms with E-state index < -0.39 is 0 Å². The van der Waals surface area contributed by atoms with Gasteiger partial charge in [-0.25, -0.2) is 0 Å². The normalized spacial score (nSPS) is 23.1. The van der Waals surface area contributed by atoms with Gasteiger partial charge in [0.25, 0.3) is 0 Å². The molecular weight excluding hydrogens is 232 g/mol. The number of aryl methyl sites for hydroxylation is 2. The summed E-state index contributed by atoms with van der Waals surface area (Å²) < 4.78 is 0. The molecule has 1 heteroatoms. The van der Waals surface area contributed by atoms with Gasteiger partial charge in [0, 0.05) is 0 Å². The van der Waals surface area contributed by atoms with Gasteiger partial charge in [0.05, 0.1) is 6.10 Å². The monoisotopic (exact) mass is 252 g/mol. The van der Waals surface area contributed by atoms with Crippen LogP contribution in [-0.2, 0) is 0 Å². The van der Waals surface area contributed by atoms with Crippen LogP contribution in [0.4, 0.5) is 0 Å². The molecule has 1 aliphatic rings. The summed E-state index contributed by atoms with van der Waals surface area (Å²) in [4.78, 5) is 0. The lowest BCUT2D eigenvalue weighted by molar-refractivity contribution is 0.150. The zero-order valence-electron chi connectivity index (χ0n) is 11.5. The maximum atomic E-state index is 10.6. The second-order valence-corrected chi connectivity index (χ2v) is 5.72. The van der Waals surface area contributed by atoms with Gasteiger partial charge in [-0.2, -0.15) is 0 Å². The van der Waals surface area contributed by atoms with Crippen molar-refractivity contribution in [1.82, 2.24) is 0 Å². The maximum Gasteiger partial charge on any atom is 0.0826 e. The average Bonchev–Trinajstić information content (AvgIpc) is 3.22. The van der Waals surface area contributed by atoms with Gasteiger partial charge in [-0.15, -0.1) is 0 Å². The van der Waals surface area contributed by atoms with E-state index in [4.69, 9.17) is 0 Å². The molecule has 0 amide bonds. The largest absolute Gasteiger partial charge is 0.388 e. The molecule has 1 fully saturated rings. The number of hydrogen-bond donors (Lipinski definition) is 1. The van der Waals surface area contributed by atoms with Crippen LogP contribution >= 0.6 is 0 Å². The van der Waals surface area contributed by atoms with Gasteiger partial charge in [-0.3, -0.25) is 0 Å². The molecular formula is C18H20O. The van der Waals surface area contributed by atoms with Crippen molar-refractivity contribution >= 4 is 0 Å². The number of aliphatic hydroxyl groups is 1. The Morgan fingerprint density at radius 2 is 1.79 bits per heavy atom. The number of hydrogen-bond acceptors (Lipinski definition) is 1. The predicted octanol–water partition coefficient (Wildman–Crippen LogP) is 4.14. The molecule has 1 aliphatic carbocycles. The van der Waals surface area contributed by atoms with Gasteiger partial charge < -0.3 is 5.11 Å². The third-order valence-corrected chi connectivity index (χ3v) is 4.23. The fraction of sp³-hybridized carbons (Fsp3) is 0.333. The van der Waals surface area contributed by atoms with E-state index in [-0.39, 0.29) is 6.10 Å². The van der Waals surface area contributed by atoms with Crippen molar-refractivity contribution in [2.75, 3.05) is 0 Å². The third-order valence-electron chi connectivity index (χ3n) is 4.23. The molecule has 1 saturated carbocycles. The van der Waals surface area contributed by atoms with Crippen LogP contribution in [0.15, 0.2) is 48.5 Å². The standard InChI is InChI=1S/C18H20O/c1-12-8-9-13(2)15(10-12)18(19)17-11-16(17)14-6-4-3-5-7-14/h3-10,16-19H,11H2,1-2H3. The molecule has 0 aromatic heterocycles. The minimum atomic E-state index is -0.329. The molecule has 3 atom stereocenters. The molecule has 1 nitrogen and oxygen atoms in total. The zero-order valence-corrected chi connectivity index (χ0v) is 11.5. The Hall–Kier alpha value is -1.60. The fourth-order valence-corrected chi connectivity index (χ4v) is 2.96. The van der Waals surface area contributed by atoms with Crippen molar-refractivity contribution in [3.63, 3.8) is 0 Å². The minimum Gasteiger partial charge on any atom is -0.388 e. The van der Waals surface area contributed by atoms with Gasteiger partial charge in [-0.05, 0) is 48.8 Å². The summed E-state index contributed by atoms with van der Waals surface area (Å²) in [5.41, 5.74) is 4.87. The lowest BCUT2D eigenvalue weighted by Gasteiger charge is -2.14. The summed E-state index contributed by atoms with van der Waals surface area (Å²) in [5, 5.41) is 10.6. The molecule has 0 saturated heterocycles. The number of aliphatic hydroxyl groups excluding tert-OH is 1. The summed E-state index contributed by atoms with van der Waals surface area (Å²) in [7, 11) is 0. The average molecular weight is 252 g/mol. The molecule has 0 spiro atoms. The van der Waals surface area contributed by atoms with Crippen LogP contribution in [-0.4, -0.2) is 5.11 Å². The van der Waals surface area contributed by atoms with E-state index >= 15 is 0 Å². The van der Waals surface area contributed by atoms with Crippen molar-refractivity contribution in [3.8, 4) is 0 Å². The Morgan fingerprint density at radius 1 is 1.05 bits per heavy atom. The van der Waals surface area contributed by atoms with E-state index in [0.29, 0.717) is 11.8 Å². The van der Waals surface area contributed by atoms with Gasteiger partial charge in [0.1, 0.15) is 0 Å². The Labute approximate surface area is 114 Å². The van der Waals surface area contributed by atoms with E-state index in [1.54, 1.807) is 0 Å². The lowest BCUT2D eigenvalue weighted by Crippen LogP contribution is -2.04. The van der Waals surface area contributed by atoms with E-state index in [0.717, 1.165) is 12.0 Å². The van der Waals surface area contributed by atoms with Crippen LogP contribution in [0.1, 0.15) is 40.7 Å². The van der Waals surface area contributed by atoms with E-state index in [1.807, 2.05) is 6.07 Å². The zero-order chi connectivity index (χ0) is 13.4. The van der Waals surface area contributed by atoms with Gasteiger partial charge in [0.2, 0.25) is 0 Å². The van der Waals surface area contributed by atoms with Crippen molar-refractivity contribution in [2.24, 2.45) is 5.92 Å². The van der Waals surface area contributed by atoms with Gasteiger partial charge in [-0.1, -0.05) is 54.1 Å². The lowest BCUT2D eigenvalue weighted by atomic mass is 9.96. The van der Waals surface area contributed by atoms with E-state index in [9.17, 15) is 5.11 Å². The van der Waals surface area contributed by atoms with Crippen LogP contribution in [0, 0.1) is 19.8 Å². The van der Waals surface area contributed by atoms with Crippen LogP contribution < -0.4 is 0 Å². The first-order valence-electron chi connectivity index (χ1n) is 6.97. The fourth-order valence-electron chi connectivity index (χ4n) is 2.96. The first-order chi connectivity index (χ1) is 9.16. The summed E-state index contributed by atoms with van der Waals surface area (Å²) in [6.45, 7) is 4.16. The van der Waals surface area contributed by atoms with Crippen LogP contribution in [0.2, 0.25) is 0 Å². The molecule has 19 heavy (non-hydrogen) atoms. The first kappa shape index (κ1) is 12.4. The second kappa shape index (κ2) is 4.82. The van der Waals surface area contributed by atoms with E-state index in [1.165, 1.54) is 16.7 Å². The summed E-state index contributed by atoms with van der Waals surface area (Å²) in [5.74, 6) is 0.902. The molecule has 3 rings (SSSR count). The Kier molecular flexibility index (Phi) is 3.16.